The molecule has 0 aliphatic rings. The lowest BCUT2D eigenvalue weighted by Gasteiger charge is -2.22. The van der Waals surface area contributed by atoms with Crippen molar-refractivity contribution in [1.29, 1.82) is 0 Å². The molecule has 0 saturated carbocycles. The Kier molecular flexibility index (Phi) is 3.42. The Balaban J connectivity index is 2.66. The number of primary amides is 1. The first kappa shape index (κ1) is 11.7. The number of nitrogens with two attached hydrogens (primary N) is 1. The van der Waals surface area contributed by atoms with Crippen molar-refractivity contribution >= 4 is 5.91 Å². The van der Waals surface area contributed by atoms with Gasteiger partial charge in [-0.15, -0.1) is 0 Å². The molecule has 1 aromatic carbocycles. The molecular formula is C11H15FN2O. The third-order valence-electron chi connectivity index (χ3n) is 2.29. The van der Waals surface area contributed by atoms with Crippen molar-refractivity contribution in [3.63, 3.8) is 0 Å². The van der Waals surface area contributed by atoms with Crippen LogP contribution in [0.15, 0.2) is 24.3 Å². The average molecular weight is 210 g/mol. The minimum atomic E-state index is -0.831. The summed E-state index contributed by atoms with van der Waals surface area (Å²) in [5.41, 5.74) is 4.87. The van der Waals surface area contributed by atoms with Gasteiger partial charge < -0.3 is 5.73 Å². The van der Waals surface area contributed by atoms with E-state index in [0.717, 1.165) is 0 Å². The van der Waals surface area contributed by atoms with Crippen LogP contribution >= 0.6 is 0 Å². The number of amides is 1. The number of hydrogen-bond donors (Lipinski definition) is 2. The molecule has 0 saturated heterocycles. The minimum Gasteiger partial charge on any atom is -0.368 e. The summed E-state index contributed by atoms with van der Waals surface area (Å²) in [7, 11) is 0. The highest BCUT2D eigenvalue weighted by Gasteiger charge is 2.23. The van der Waals surface area contributed by atoms with Crippen LogP contribution in [0.25, 0.3) is 0 Å². The predicted molar refractivity (Wildman–Crippen MR) is 56.5 cm³/mol. The molecule has 82 valence electrons. The van der Waals surface area contributed by atoms with Crippen molar-refractivity contribution in [2.75, 3.05) is 0 Å². The van der Waals surface area contributed by atoms with Crippen LogP contribution in [0, 0.1) is 5.82 Å². The van der Waals surface area contributed by atoms with Gasteiger partial charge in [-0.2, -0.15) is 0 Å². The SMILES string of the molecule is CC(C)(NCc1ccccc1F)C(N)=O. The molecule has 0 unspecified atom stereocenters. The molecule has 0 fully saturated rings. The quantitative estimate of drug-likeness (QED) is 0.784. The molecule has 0 bridgehead atoms. The molecule has 15 heavy (non-hydrogen) atoms. The molecule has 1 rings (SSSR count). The molecule has 0 radical (unpaired) electrons. The van der Waals surface area contributed by atoms with Gasteiger partial charge in [-0.05, 0) is 19.9 Å². The molecule has 4 heteroatoms. The van der Waals surface area contributed by atoms with Crippen LogP contribution < -0.4 is 11.1 Å². The van der Waals surface area contributed by atoms with Gasteiger partial charge >= 0.3 is 0 Å². The lowest BCUT2D eigenvalue weighted by molar-refractivity contribution is -0.123. The molecule has 0 aromatic heterocycles. The second-order valence-electron chi connectivity index (χ2n) is 3.93. The second kappa shape index (κ2) is 4.40. The van der Waals surface area contributed by atoms with Crippen molar-refractivity contribution in [3.8, 4) is 0 Å². The fourth-order valence-corrected chi connectivity index (χ4v) is 1.05. The smallest absolute Gasteiger partial charge is 0.237 e. The largest absolute Gasteiger partial charge is 0.368 e. The van der Waals surface area contributed by atoms with Crippen LogP contribution in [0.1, 0.15) is 19.4 Å². The lowest BCUT2D eigenvalue weighted by Crippen LogP contribution is -2.50. The Morgan fingerprint density at radius 2 is 2.07 bits per heavy atom. The molecule has 3 N–H and O–H groups in total. The summed E-state index contributed by atoms with van der Waals surface area (Å²) >= 11 is 0. The molecule has 1 amide bonds. The van der Waals surface area contributed by atoms with Crippen LogP contribution in [0.4, 0.5) is 4.39 Å². The fraction of sp³-hybridized carbons (Fsp3) is 0.364. The van der Waals surface area contributed by atoms with Crippen LogP contribution in [-0.2, 0) is 11.3 Å². The predicted octanol–water partition coefficient (Wildman–Crippen LogP) is 1.18. The van der Waals surface area contributed by atoms with E-state index in [1.165, 1.54) is 6.07 Å². The maximum atomic E-state index is 13.2. The van der Waals surface area contributed by atoms with E-state index in [0.29, 0.717) is 5.56 Å². The van der Waals surface area contributed by atoms with Gasteiger partial charge in [0.15, 0.2) is 0 Å². The summed E-state index contributed by atoms with van der Waals surface area (Å²) in [4.78, 5) is 11.0. The number of carbonyl (C=O) groups excluding carboxylic acids is 1. The van der Waals surface area contributed by atoms with Crippen LogP contribution in [0.2, 0.25) is 0 Å². The normalized spacial score (nSPS) is 11.4. The van der Waals surface area contributed by atoms with Crippen LogP contribution in [0.5, 0.6) is 0 Å². The molecular weight excluding hydrogens is 195 g/mol. The highest BCUT2D eigenvalue weighted by molar-refractivity contribution is 5.83. The van der Waals surface area contributed by atoms with Crippen molar-refractivity contribution in [1.82, 2.24) is 5.32 Å². The molecule has 1 aromatic rings. The van der Waals surface area contributed by atoms with Crippen LogP contribution in [-0.4, -0.2) is 11.4 Å². The summed E-state index contributed by atoms with van der Waals surface area (Å²) < 4.78 is 13.2. The molecule has 0 aliphatic carbocycles. The Hall–Kier alpha value is -1.42. The number of rotatable bonds is 4. The van der Waals surface area contributed by atoms with Gasteiger partial charge in [0.25, 0.3) is 0 Å². The zero-order valence-corrected chi connectivity index (χ0v) is 8.88. The van der Waals surface area contributed by atoms with Crippen molar-refractivity contribution in [2.24, 2.45) is 5.73 Å². The van der Waals surface area contributed by atoms with Crippen molar-refractivity contribution < 1.29 is 9.18 Å². The number of carbonyl (C=O) groups is 1. The first-order chi connectivity index (χ1) is 6.93. The maximum absolute atomic E-state index is 13.2. The summed E-state index contributed by atoms with van der Waals surface area (Å²) in [6, 6.07) is 6.42. The number of hydrogen-bond acceptors (Lipinski definition) is 2. The Labute approximate surface area is 88.5 Å². The van der Waals surface area contributed by atoms with E-state index >= 15 is 0 Å². The zero-order valence-electron chi connectivity index (χ0n) is 8.88. The van der Waals surface area contributed by atoms with Crippen LogP contribution in [0.3, 0.4) is 0 Å². The summed E-state index contributed by atoms with van der Waals surface area (Å²) in [5.74, 6) is -0.746. The van der Waals surface area contributed by atoms with Gasteiger partial charge in [-0.1, -0.05) is 18.2 Å². The standard InChI is InChI=1S/C11H15FN2O/c1-11(2,10(13)15)14-7-8-5-3-4-6-9(8)12/h3-6,14H,7H2,1-2H3,(H2,13,15). The zero-order chi connectivity index (χ0) is 11.5. The van der Waals surface area contributed by atoms with Gasteiger partial charge in [0.05, 0.1) is 5.54 Å². The van der Waals surface area contributed by atoms with E-state index in [1.54, 1.807) is 32.0 Å². The summed E-state index contributed by atoms with van der Waals surface area (Å²) in [6.07, 6.45) is 0. The minimum absolute atomic E-state index is 0.280. The fourth-order valence-electron chi connectivity index (χ4n) is 1.05. The third kappa shape index (κ3) is 3.02. The molecule has 0 aliphatic heterocycles. The van der Waals surface area contributed by atoms with Gasteiger partial charge in [-0.3, -0.25) is 10.1 Å². The molecule has 0 spiro atoms. The molecule has 3 nitrogen and oxygen atoms in total. The molecule has 0 heterocycles. The van der Waals surface area contributed by atoms with Gasteiger partial charge in [-0.25, -0.2) is 4.39 Å². The number of nitrogens with one attached hydrogen (secondary N) is 1. The van der Waals surface area contributed by atoms with E-state index in [4.69, 9.17) is 5.73 Å². The van der Waals surface area contributed by atoms with Crippen molar-refractivity contribution in [2.45, 2.75) is 25.9 Å². The number of halogens is 1. The van der Waals surface area contributed by atoms with E-state index in [2.05, 4.69) is 5.32 Å². The molecule has 0 atom stereocenters. The highest BCUT2D eigenvalue weighted by atomic mass is 19.1. The Bertz CT molecular complexity index is 363. The van der Waals surface area contributed by atoms with E-state index in [1.807, 2.05) is 0 Å². The van der Waals surface area contributed by atoms with Gasteiger partial charge in [0.2, 0.25) is 5.91 Å². The Morgan fingerprint density at radius 1 is 1.47 bits per heavy atom. The Morgan fingerprint density at radius 3 is 2.60 bits per heavy atom. The monoisotopic (exact) mass is 210 g/mol. The second-order valence-corrected chi connectivity index (χ2v) is 3.93. The topological polar surface area (TPSA) is 55.1 Å². The summed E-state index contributed by atoms with van der Waals surface area (Å²) in [5, 5.41) is 2.90. The lowest BCUT2D eigenvalue weighted by atomic mass is 10.0. The van der Waals surface area contributed by atoms with Gasteiger partial charge in [0.1, 0.15) is 5.82 Å². The van der Waals surface area contributed by atoms with Gasteiger partial charge in [0, 0.05) is 12.1 Å². The first-order valence-corrected chi connectivity index (χ1v) is 4.72. The van der Waals surface area contributed by atoms with E-state index in [9.17, 15) is 9.18 Å². The summed E-state index contributed by atoms with van der Waals surface area (Å²) in [6.45, 7) is 3.61. The van der Waals surface area contributed by atoms with E-state index in [-0.39, 0.29) is 12.4 Å². The third-order valence-corrected chi connectivity index (χ3v) is 2.29. The highest BCUT2D eigenvalue weighted by Crippen LogP contribution is 2.08. The number of benzene rings is 1. The maximum Gasteiger partial charge on any atom is 0.237 e. The van der Waals surface area contributed by atoms with Crippen molar-refractivity contribution in [3.05, 3.63) is 35.6 Å². The first-order valence-electron chi connectivity index (χ1n) is 4.72. The average Bonchev–Trinajstić information content (AvgIpc) is 2.16. The van der Waals surface area contributed by atoms with E-state index < -0.39 is 11.4 Å².